The molecule has 0 aliphatic rings. The van der Waals surface area contributed by atoms with Crippen LogP contribution in [-0.2, 0) is 10.0 Å². The number of sulfonamides is 1. The van der Waals surface area contributed by atoms with Crippen LogP contribution in [0.2, 0.25) is 0 Å². The first-order chi connectivity index (χ1) is 13.2. The largest absolute Gasteiger partial charge is 0.364 e. The van der Waals surface area contributed by atoms with E-state index < -0.39 is 20.9 Å². The Hall–Kier alpha value is -3.73. The summed E-state index contributed by atoms with van der Waals surface area (Å²) in [7, 11) is -4.01. The number of nitrogens with two attached hydrogens (primary N) is 1. The van der Waals surface area contributed by atoms with E-state index in [0.717, 1.165) is 6.07 Å². The molecule has 144 valence electrons. The molecule has 1 amide bonds. The minimum Gasteiger partial charge on any atom is -0.364 e. The van der Waals surface area contributed by atoms with Crippen LogP contribution in [-0.4, -0.2) is 29.0 Å². The van der Waals surface area contributed by atoms with Crippen LogP contribution in [0.5, 0.6) is 0 Å². The number of carbonyl (C=O) groups excluding carboxylic acids is 1. The highest BCUT2D eigenvalue weighted by molar-refractivity contribution is 7.92. The van der Waals surface area contributed by atoms with Crippen molar-refractivity contribution in [1.82, 2.24) is 9.78 Å². The molecule has 0 spiro atoms. The number of aryl methyl sites for hydroxylation is 1. The van der Waals surface area contributed by atoms with E-state index in [9.17, 15) is 23.3 Å². The smallest absolute Gasteiger partial charge is 0.273 e. The first kappa shape index (κ1) is 19.0. The first-order valence-corrected chi connectivity index (χ1v) is 9.39. The van der Waals surface area contributed by atoms with Crippen LogP contribution in [0.25, 0.3) is 5.69 Å². The second-order valence-electron chi connectivity index (χ2n) is 5.87. The fourth-order valence-corrected chi connectivity index (χ4v) is 3.53. The zero-order valence-corrected chi connectivity index (χ0v) is 15.4. The van der Waals surface area contributed by atoms with Gasteiger partial charge >= 0.3 is 0 Å². The number of nitro benzene ring substituents is 1. The molecule has 0 aliphatic heterocycles. The van der Waals surface area contributed by atoms with Crippen molar-refractivity contribution in [3.8, 4) is 5.69 Å². The normalized spacial score (nSPS) is 11.2. The van der Waals surface area contributed by atoms with Gasteiger partial charge in [0.05, 0.1) is 15.5 Å². The zero-order valence-electron chi connectivity index (χ0n) is 14.6. The van der Waals surface area contributed by atoms with E-state index in [1.807, 2.05) is 0 Å². The van der Waals surface area contributed by atoms with Crippen molar-refractivity contribution in [3.63, 3.8) is 0 Å². The molecule has 0 radical (unpaired) electrons. The van der Waals surface area contributed by atoms with Crippen molar-refractivity contribution >= 4 is 27.3 Å². The van der Waals surface area contributed by atoms with Gasteiger partial charge in [-0.1, -0.05) is 6.07 Å². The second-order valence-corrected chi connectivity index (χ2v) is 7.55. The number of anilines is 1. The quantitative estimate of drug-likeness (QED) is 0.476. The number of aromatic nitrogens is 2. The summed E-state index contributed by atoms with van der Waals surface area (Å²) in [4.78, 5) is 21.3. The highest BCUT2D eigenvalue weighted by atomic mass is 32.2. The summed E-state index contributed by atoms with van der Waals surface area (Å²) in [5.74, 6) is -0.657. The van der Waals surface area contributed by atoms with Gasteiger partial charge in [-0.05, 0) is 43.3 Å². The number of hydrogen-bond acceptors (Lipinski definition) is 6. The van der Waals surface area contributed by atoms with Crippen LogP contribution >= 0.6 is 0 Å². The summed E-state index contributed by atoms with van der Waals surface area (Å²) in [6.07, 6.45) is 1.55. The molecule has 0 bridgehead atoms. The van der Waals surface area contributed by atoms with Gasteiger partial charge in [-0.15, -0.1) is 0 Å². The number of hydrogen-bond donors (Lipinski definition) is 2. The van der Waals surface area contributed by atoms with E-state index in [1.165, 1.54) is 41.9 Å². The molecule has 3 rings (SSSR count). The molecule has 0 unspecified atom stereocenters. The third kappa shape index (κ3) is 3.83. The van der Waals surface area contributed by atoms with Gasteiger partial charge in [0.2, 0.25) is 0 Å². The maximum absolute atomic E-state index is 12.5. The molecule has 3 aromatic rings. The topological polar surface area (TPSA) is 150 Å². The molecule has 3 N–H and O–H groups in total. The van der Waals surface area contributed by atoms with E-state index in [-0.39, 0.29) is 22.0 Å². The summed E-state index contributed by atoms with van der Waals surface area (Å²) in [5.41, 5.74) is 6.19. The van der Waals surface area contributed by atoms with Crippen molar-refractivity contribution in [3.05, 3.63) is 76.1 Å². The Balaban J connectivity index is 1.84. The van der Waals surface area contributed by atoms with Crippen LogP contribution < -0.4 is 10.5 Å². The van der Waals surface area contributed by atoms with Crippen LogP contribution in [0.4, 0.5) is 11.4 Å². The number of nitro groups is 1. The Labute approximate surface area is 159 Å². The van der Waals surface area contributed by atoms with Gasteiger partial charge in [0.15, 0.2) is 0 Å². The lowest BCUT2D eigenvalue weighted by molar-refractivity contribution is -0.385. The van der Waals surface area contributed by atoms with Crippen LogP contribution in [0.3, 0.4) is 0 Å². The number of benzene rings is 2. The number of primary amides is 1. The summed E-state index contributed by atoms with van der Waals surface area (Å²) >= 11 is 0. The maximum atomic E-state index is 12.5. The van der Waals surface area contributed by atoms with Gasteiger partial charge in [0.25, 0.3) is 21.6 Å². The Morgan fingerprint density at radius 3 is 2.43 bits per heavy atom. The molecular formula is C17H15N5O5S. The maximum Gasteiger partial charge on any atom is 0.273 e. The zero-order chi connectivity index (χ0) is 20.5. The standard InChI is InChI=1S/C17H15N5O5S/c1-11-2-7-14(10-16(11)22(24)25)28(26,27)20-12-3-5-13(6-4-12)21-9-8-15(19-21)17(18)23/h2-10,20H,1H3,(H2,18,23). The Kier molecular flexibility index (Phi) is 4.84. The third-order valence-electron chi connectivity index (χ3n) is 3.91. The number of rotatable bonds is 6. The predicted molar refractivity (Wildman–Crippen MR) is 101 cm³/mol. The van der Waals surface area contributed by atoms with E-state index in [0.29, 0.717) is 11.3 Å². The first-order valence-electron chi connectivity index (χ1n) is 7.91. The Morgan fingerprint density at radius 2 is 1.86 bits per heavy atom. The fourth-order valence-electron chi connectivity index (χ4n) is 2.45. The van der Waals surface area contributed by atoms with Crippen molar-refractivity contribution in [2.75, 3.05) is 4.72 Å². The highest BCUT2D eigenvalue weighted by Crippen LogP contribution is 2.24. The minimum absolute atomic E-state index is 0.103. The molecular weight excluding hydrogens is 386 g/mol. The summed E-state index contributed by atoms with van der Waals surface area (Å²) in [6, 6.07) is 11.3. The van der Waals surface area contributed by atoms with Crippen molar-refractivity contribution in [2.24, 2.45) is 5.73 Å². The SMILES string of the molecule is Cc1ccc(S(=O)(=O)Nc2ccc(-n3ccc(C(N)=O)n3)cc2)cc1[N+](=O)[O-]. The van der Waals surface area contributed by atoms with Crippen molar-refractivity contribution in [1.29, 1.82) is 0 Å². The molecule has 0 aliphatic carbocycles. The predicted octanol–water partition coefficient (Wildman–Crippen LogP) is 1.99. The van der Waals surface area contributed by atoms with Crippen LogP contribution in [0.1, 0.15) is 16.1 Å². The van der Waals surface area contributed by atoms with Crippen molar-refractivity contribution < 1.29 is 18.1 Å². The average Bonchev–Trinajstić information content (AvgIpc) is 3.12. The summed E-state index contributed by atoms with van der Waals surface area (Å²) in [5, 5.41) is 15.0. The lowest BCUT2D eigenvalue weighted by Gasteiger charge is -2.09. The summed E-state index contributed by atoms with van der Waals surface area (Å²) in [6.45, 7) is 1.53. The van der Waals surface area contributed by atoms with Crippen LogP contribution in [0.15, 0.2) is 59.6 Å². The number of nitrogens with one attached hydrogen (secondary N) is 1. The molecule has 0 saturated carbocycles. The van der Waals surface area contributed by atoms with E-state index in [1.54, 1.807) is 18.3 Å². The minimum atomic E-state index is -4.01. The second kappa shape index (κ2) is 7.12. The molecule has 2 aromatic carbocycles. The third-order valence-corrected chi connectivity index (χ3v) is 5.29. The number of carbonyl (C=O) groups is 1. The monoisotopic (exact) mass is 401 g/mol. The summed E-state index contributed by atoms with van der Waals surface area (Å²) < 4.78 is 28.8. The van der Waals surface area contributed by atoms with E-state index >= 15 is 0 Å². The molecule has 28 heavy (non-hydrogen) atoms. The van der Waals surface area contributed by atoms with Gasteiger partial charge < -0.3 is 5.73 Å². The van der Waals surface area contributed by atoms with Gasteiger partial charge in [0, 0.05) is 23.5 Å². The molecule has 10 nitrogen and oxygen atoms in total. The van der Waals surface area contributed by atoms with Gasteiger partial charge in [-0.2, -0.15) is 5.10 Å². The molecule has 1 heterocycles. The molecule has 1 aromatic heterocycles. The highest BCUT2D eigenvalue weighted by Gasteiger charge is 2.20. The van der Waals surface area contributed by atoms with Gasteiger partial charge in [0.1, 0.15) is 5.69 Å². The van der Waals surface area contributed by atoms with Crippen LogP contribution in [0, 0.1) is 17.0 Å². The Bertz CT molecular complexity index is 1170. The van der Waals surface area contributed by atoms with Gasteiger partial charge in [-0.25, -0.2) is 13.1 Å². The number of amides is 1. The van der Waals surface area contributed by atoms with E-state index in [4.69, 9.17) is 5.73 Å². The van der Waals surface area contributed by atoms with Crippen molar-refractivity contribution in [2.45, 2.75) is 11.8 Å². The molecule has 0 fully saturated rings. The lowest BCUT2D eigenvalue weighted by atomic mass is 10.2. The molecule has 11 heteroatoms. The Morgan fingerprint density at radius 1 is 1.18 bits per heavy atom. The molecule has 0 atom stereocenters. The average molecular weight is 401 g/mol. The molecule has 0 saturated heterocycles. The fraction of sp³-hybridized carbons (Fsp3) is 0.0588. The lowest BCUT2D eigenvalue weighted by Crippen LogP contribution is -2.13. The van der Waals surface area contributed by atoms with Gasteiger partial charge in [-0.3, -0.25) is 19.6 Å². The van der Waals surface area contributed by atoms with E-state index in [2.05, 4.69) is 9.82 Å². The number of nitrogens with zero attached hydrogens (tertiary/aromatic N) is 3.